The highest BCUT2D eigenvalue weighted by Gasteiger charge is 2.32. The van der Waals surface area contributed by atoms with Crippen LogP contribution in [0.3, 0.4) is 0 Å². The number of hydrogen-bond donors (Lipinski definition) is 2. The molecule has 2 heterocycles. The van der Waals surface area contributed by atoms with Gasteiger partial charge in [0.2, 0.25) is 0 Å². The molecule has 6 nitrogen and oxygen atoms in total. The molecular formula is C27H19N3O3. The Morgan fingerprint density at radius 3 is 2.36 bits per heavy atom. The summed E-state index contributed by atoms with van der Waals surface area (Å²) in [7, 11) is 0. The number of hydrogen-bond acceptors (Lipinski definition) is 3. The fraction of sp³-hybridized carbons (Fsp3) is 0.0741. The van der Waals surface area contributed by atoms with Gasteiger partial charge in [0.1, 0.15) is 5.69 Å². The molecule has 6 heteroatoms. The number of pyridine rings is 1. The molecule has 0 saturated carbocycles. The first kappa shape index (κ1) is 19.3. The fourth-order valence-corrected chi connectivity index (χ4v) is 4.71. The lowest BCUT2D eigenvalue weighted by atomic mass is 10.0. The number of para-hydroxylation sites is 1. The SMILES string of the molecule is O=C(NCCn1c2c(c3ccccc3c1=O)C(=O)c1ccccc1-2)c1cc2ccccc2[nH]1. The van der Waals surface area contributed by atoms with Crippen molar-refractivity contribution in [2.75, 3.05) is 6.54 Å². The second-order valence-electron chi connectivity index (χ2n) is 8.13. The number of rotatable bonds is 4. The van der Waals surface area contributed by atoms with Crippen molar-refractivity contribution < 1.29 is 9.59 Å². The van der Waals surface area contributed by atoms with Gasteiger partial charge in [-0.2, -0.15) is 0 Å². The highest BCUT2D eigenvalue weighted by atomic mass is 16.2. The van der Waals surface area contributed by atoms with Crippen molar-refractivity contribution in [2.45, 2.75) is 6.54 Å². The van der Waals surface area contributed by atoms with Gasteiger partial charge in [-0.05, 0) is 18.2 Å². The summed E-state index contributed by atoms with van der Waals surface area (Å²) >= 11 is 0. The minimum absolute atomic E-state index is 0.0762. The first-order valence-electron chi connectivity index (χ1n) is 10.8. The van der Waals surface area contributed by atoms with Crippen molar-refractivity contribution in [1.29, 1.82) is 0 Å². The third kappa shape index (κ3) is 2.91. The molecule has 33 heavy (non-hydrogen) atoms. The number of fused-ring (bicyclic) bond motifs is 6. The van der Waals surface area contributed by atoms with E-state index in [0.29, 0.717) is 33.3 Å². The zero-order chi connectivity index (χ0) is 22.5. The lowest BCUT2D eigenvalue weighted by Gasteiger charge is -2.15. The van der Waals surface area contributed by atoms with E-state index in [2.05, 4.69) is 10.3 Å². The van der Waals surface area contributed by atoms with Crippen molar-refractivity contribution >= 4 is 33.4 Å². The van der Waals surface area contributed by atoms with Crippen LogP contribution in [0.25, 0.3) is 32.9 Å². The zero-order valence-corrected chi connectivity index (χ0v) is 17.6. The molecule has 3 aromatic carbocycles. The van der Waals surface area contributed by atoms with E-state index < -0.39 is 0 Å². The van der Waals surface area contributed by atoms with E-state index in [0.717, 1.165) is 16.5 Å². The lowest BCUT2D eigenvalue weighted by Crippen LogP contribution is -2.32. The quantitative estimate of drug-likeness (QED) is 0.439. The number of aromatic nitrogens is 2. The number of carbonyl (C=O) groups is 2. The molecule has 0 aliphatic heterocycles. The van der Waals surface area contributed by atoms with Crippen LogP contribution in [0.15, 0.2) is 83.7 Å². The Morgan fingerprint density at radius 2 is 1.55 bits per heavy atom. The first-order chi connectivity index (χ1) is 16.1. The third-order valence-electron chi connectivity index (χ3n) is 6.23. The predicted octanol–water partition coefficient (Wildman–Crippen LogP) is 4.12. The summed E-state index contributed by atoms with van der Waals surface area (Å²) in [6.07, 6.45) is 0. The van der Waals surface area contributed by atoms with Crippen molar-refractivity contribution in [3.8, 4) is 11.3 Å². The molecule has 1 aliphatic carbocycles. The summed E-state index contributed by atoms with van der Waals surface area (Å²) in [6, 6.07) is 24.0. The Kier molecular flexibility index (Phi) is 4.26. The van der Waals surface area contributed by atoms with Crippen LogP contribution in [0, 0.1) is 0 Å². The van der Waals surface area contributed by atoms with Crippen LogP contribution in [-0.2, 0) is 6.54 Å². The molecule has 0 radical (unpaired) electrons. The molecular weight excluding hydrogens is 414 g/mol. The Bertz CT molecular complexity index is 1630. The Morgan fingerprint density at radius 1 is 0.848 bits per heavy atom. The van der Waals surface area contributed by atoms with Gasteiger partial charge in [-0.25, -0.2) is 0 Å². The number of carbonyl (C=O) groups excluding carboxylic acids is 2. The van der Waals surface area contributed by atoms with Crippen molar-refractivity contribution in [3.63, 3.8) is 0 Å². The van der Waals surface area contributed by atoms with Crippen molar-refractivity contribution in [3.05, 3.63) is 106 Å². The maximum Gasteiger partial charge on any atom is 0.267 e. The smallest absolute Gasteiger partial charge is 0.267 e. The number of ketones is 1. The average Bonchev–Trinajstić information content (AvgIpc) is 3.41. The molecule has 5 aromatic rings. The van der Waals surface area contributed by atoms with E-state index in [9.17, 15) is 14.4 Å². The Hall–Kier alpha value is -4.45. The van der Waals surface area contributed by atoms with Gasteiger partial charge in [-0.1, -0.05) is 60.7 Å². The van der Waals surface area contributed by atoms with Gasteiger partial charge in [-0.15, -0.1) is 0 Å². The molecule has 2 aromatic heterocycles. The zero-order valence-electron chi connectivity index (χ0n) is 17.6. The minimum atomic E-state index is -0.242. The molecule has 0 bridgehead atoms. The third-order valence-corrected chi connectivity index (χ3v) is 6.23. The van der Waals surface area contributed by atoms with Crippen LogP contribution in [0.1, 0.15) is 26.4 Å². The number of amides is 1. The van der Waals surface area contributed by atoms with Gasteiger partial charge < -0.3 is 14.9 Å². The number of H-pyrrole nitrogens is 1. The van der Waals surface area contributed by atoms with Gasteiger partial charge in [0.25, 0.3) is 11.5 Å². The van der Waals surface area contributed by atoms with E-state index in [1.54, 1.807) is 28.8 Å². The highest BCUT2D eigenvalue weighted by molar-refractivity contribution is 6.26. The summed E-state index contributed by atoms with van der Waals surface area (Å²) < 4.78 is 1.62. The second-order valence-corrected chi connectivity index (χ2v) is 8.13. The number of nitrogens with one attached hydrogen (secondary N) is 2. The monoisotopic (exact) mass is 433 g/mol. The summed E-state index contributed by atoms with van der Waals surface area (Å²) in [5.41, 5.74) is 3.71. The van der Waals surface area contributed by atoms with Gasteiger partial charge in [0.15, 0.2) is 5.78 Å². The molecule has 2 N–H and O–H groups in total. The molecule has 0 saturated heterocycles. The van der Waals surface area contributed by atoms with Gasteiger partial charge in [0.05, 0.1) is 11.3 Å². The standard InChI is InChI=1S/C27H19N3O3/c31-25-19-10-4-3-9-18(19)24-23(25)17-8-2-5-11-20(17)27(33)30(24)14-13-28-26(32)22-15-16-7-1-6-12-21(16)29-22/h1-12,15,29H,13-14H2,(H,28,32). The minimum Gasteiger partial charge on any atom is -0.351 e. The number of nitrogens with zero attached hydrogens (tertiary/aromatic N) is 1. The Labute approximate surface area is 188 Å². The summed E-state index contributed by atoms with van der Waals surface area (Å²) in [5, 5.41) is 5.02. The van der Waals surface area contributed by atoms with Crippen LogP contribution < -0.4 is 10.9 Å². The molecule has 160 valence electrons. The molecule has 1 aliphatic rings. The molecule has 6 rings (SSSR count). The average molecular weight is 433 g/mol. The maximum absolute atomic E-state index is 13.4. The molecule has 0 atom stereocenters. The van der Waals surface area contributed by atoms with Crippen LogP contribution >= 0.6 is 0 Å². The van der Waals surface area contributed by atoms with Gasteiger partial charge in [-0.3, -0.25) is 14.4 Å². The van der Waals surface area contributed by atoms with E-state index in [1.165, 1.54) is 0 Å². The van der Waals surface area contributed by atoms with Crippen LogP contribution in [0.4, 0.5) is 0 Å². The highest BCUT2D eigenvalue weighted by Crippen LogP contribution is 2.38. The van der Waals surface area contributed by atoms with Crippen LogP contribution in [-0.4, -0.2) is 27.8 Å². The van der Waals surface area contributed by atoms with Gasteiger partial charge >= 0.3 is 0 Å². The second kappa shape index (κ2) is 7.31. The normalized spacial score (nSPS) is 12.2. The number of benzene rings is 3. The molecule has 0 spiro atoms. The molecule has 0 unspecified atom stereocenters. The van der Waals surface area contributed by atoms with E-state index in [-0.39, 0.29) is 30.3 Å². The van der Waals surface area contributed by atoms with Crippen molar-refractivity contribution in [1.82, 2.24) is 14.9 Å². The lowest BCUT2D eigenvalue weighted by molar-refractivity contribution is 0.0947. The van der Waals surface area contributed by atoms with E-state index in [1.807, 2.05) is 54.6 Å². The summed E-state index contributed by atoms with van der Waals surface area (Å²) in [6.45, 7) is 0.495. The first-order valence-corrected chi connectivity index (χ1v) is 10.8. The van der Waals surface area contributed by atoms with Crippen molar-refractivity contribution in [2.24, 2.45) is 0 Å². The predicted molar refractivity (Wildman–Crippen MR) is 128 cm³/mol. The maximum atomic E-state index is 13.4. The fourth-order valence-electron chi connectivity index (χ4n) is 4.71. The molecule has 0 fully saturated rings. The summed E-state index contributed by atoms with van der Waals surface area (Å²) in [5.74, 6) is -0.319. The van der Waals surface area contributed by atoms with Crippen LogP contribution in [0.2, 0.25) is 0 Å². The largest absolute Gasteiger partial charge is 0.351 e. The van der Waals surface area contributed by atoms with E-state index >= 15 is 0 Å². The Balaban J connectivity index is 1.37. The topological polar surface area (TPSA) is 84.0 Å². The van der Waals surface area contributed by atoms with Gasteiger partial charge in [0, 0.05) is 45.9 Å². The number of aromatic amines is 1. The molecule has 1 amide bonds. The van der Waals surface area contributed by atoms with E-state index in [4.69, 9.17) is 0 Å². The summed E-state index contributed by atoms with van der Waals surface area (Å²) in [4.78, 5) is 42.4. The van der Waals surface area contributed by atoms with Crippen LogP contribution in [0.5, 0.6) is 0 Å².